The molecule has 7 fully saturated rings. The topological polar surface area (TPSA) is 312 Å². The summed E-state index contributed by atoms with van der Waals surface area (Å²) in [6.45, 7) is 39.4. The van der Waals surface area contributed by atoms with Crippen LogP contribution in [0.5, 0.6) is 0 Å². The van der Waals surface area contributed by atoms with E-state index in [9.17, 15) is 24.0 Å². The molecule has 0 radical (unpaired) electrons. The lowest BCUT2D eigenvalue weighted by atomic mass is 9.79. The van der Waals surface area contributed by atoms with Gasteiger partial charge in [0.25, 0.3) is 17.7 Å². The molecule has 19 rings (SSSR count). The number of carbonyl (C=O) groups excluding carboxylic acids is 5. The highest BCUT2D eigenvalue weighted by Gasteiger charge is 2.52. The molecule has 30 nitrogen and oxygen atoms in total. The Morgan fingerprint density at radius 3 is 1.13 bits per heavy atom. The Morgan fingerprint density at radius 2 is 0.748 bits per heavy atom. The maximum Gasteiger partial charge on any atom is 0.494 e. The SMILES string of the molecule is CC(C)(C)OC(=O)N1CCN(C(=O)c2nc3ccc(-c4cc(NCCCN5CCCCC5)c5cnccc5n4)cc3s2)CC1.CC(C)(C)OC(=O)N1CCN(C(=O)c2nc3ccc(B4OC(C)(C)C(C)(C)O4)cc3s2)CC1.Clc1cc(NCCCN2CCCCC2)c2cnccc2n1.O=C(c1nc2ccc(-c3cc(NCCCN4CCCCC4)c4cnccc4n3)cc2s1)N1CCNCC1. The Morgan fingerprint density at radius 1 is 0.407 bits per heavy atom. The highest BCUT2D eigenvalue weighted by molar-refractivity contribution is 7.21. The first-order valence-electron chi connectivity index (χ1n) is 48.0. The number of benzene rings is 3. The normalized spacial score (nSPS) is 17.5. The molecule has 35 heteroatoms. The lowest BCUT2D eigenvalue weighted by molar-refractivity contribution is 0.00578. The molecule has 7 aliphatic heterocycles. The predicted molar refractivity (Wildman–Crippen MR) is 543 cm³/mol. The molecule has 3 aromatic carbocycles. The number of ether oxygens (including phenoxy) is 2. The molecule has 0 spiro atoms. The van der Waals surface area contributed by atoms with E-state index >= 15 is 0 Å². The summed E-state index contributed by atoms with van der Waals surface area (Å²) in [6, 6.07) is 30.0. The number of rotatable bonds is 21. The first-order valence-corrected chi connectivity index (χ1v) is 50.8. The Bertz CT molecular complexity index is 6110. The van der Waals surface area contributed by atoms with E-state index in [1.54, 1.807) is 38.2 Å². The van der Waals surface area contributed by atoms with Crippen LogP contribution in [0.1, 0.15) is 176 Å². The Labute approximate surface area is 807 Å². The van der Waals surface area contributed by atoms with E-state index in [0.29, 0.717) is 72.5 Å². The van der Waals surface area contributed by atoms with Gasteiger partial charge in [-0.15, -0.1) is 34.0 Å². The number of hydrogen-bond acceptors (Lipinski definition) is 28. The van der Waals surface area contributed by atoms with Crippen LogP contribution in [0.4, 0.5) is 26.7 Å². The van der Waals surface area contributed by atoms with Gasteiger partial charge in [-0.05, 0) is 264 Å². The van der Waals surface area contributed by atoms with Crippen LogP contribution in [-0.4, -0.2) is 301 Å². The number of carbonyl (C=O) groups is 5. The van der Waals surface area contributed by atoms with Gasteiger partial charge in [-0.1, -0.05) is 49.1 Å². The smallest absolute Gasteiger partial charge is 0.444 e. The van der Waals surface area contributed by atoms with Crippen LogP contribution in [-0.2, 0) is 18.8 Å². The molecule has 0 unspecified atom stereocenters. The van der Waals surface area contributed by atoms with Crippen LogP contribution < -0.4 is 26.7 Å². The molecule has 5 amide bonds. The molecule has 12 aromatic rings. The Kier molecular flexibility index (Phi) is 32.0. The van der Waals surface area contributed by atoms with Gasteiger partial charge in [-0.2, -0.15) is 0 Å². The lowest BCUT2D eigenvalue weighted by Gasteiger charge is -2.35. The van der Waals surface area contributed by atoms with Crippen molar-refractivity contribution in [1.29, 1.82) is 0 Å². The van der Waals surface area contributed by atoms with Crippen molar-refractivity contribution in [3.05, 3.63) is 148 Å². The van der Waals surface area contributed by atoms with Gasteiger partial charge in [0.15, 0.2) is 15.0 Å². The van der Waals surface area contributed by atoms with Crippen LogP contribution in [0, 0.1) is 0 Å². The molecule has 9 aromatic heterocycles. The number of pyridine rings is 6. The van der Waals surface area contributed by atoms with E-state index in [0.717, 1.165) is 187 Å². The quantitative estimate of drug-likeness (QED) is 0.0295. The number of fused-ring (bicyclic) bond motifs is 6. The summed E-state index contributed by atoms with van der Waals surface area (Å²) in [5.41, 5.74) is 11.0. The van der Waals surface area contributed by atoms with Gasteiger partial charge < -0.3 is 79.2 Å². The minimum atomic E-state index is -0.547. The van der Waals surface area contributed by atoms with Crippen molar-refractivity contribution < 1.29 is 42.8 Å². The average molecular weight is 1910 g/mol. The van der Waals surface area contributed by atoms with Crippen molar-refractivity contribution in [1.82, 2.24) is 89.4 Å². The van der Waals surface area contributed by atoms with Crippen LogP contribution in [0.3, 0.4) is 0 Å². The number of piperazine rings is 3. The summed E-state index contributed by atoms with van der Waals surface area (Å²) in [6.07, 6.45) is 25.6. The third-order valence-corrected chi connectivity index (χ3v) is 29.0. The minimum Gasteiger partial charge on any atom is -0.444 e. The maximum atomic E-state index is 13.4. The fraction of sp³-hybridized carbons (Fsp3) is 0.500. The van der Waals surface area contributed by atoms with Crippen molar-refractivity contribution in [3.63, 3.8) is 0 Å². The summed E-state index contributed by atoms with van der Waals surface area (Å²) in [5, 5.41) is 19.1. The van der Waals surface area contributed by atoms with Crippen LogP contribution in [0.25, 0.3) is 85.9 Å². The Balaban J connectivity index is 0.000000134. The number of piperidine rings is 3. The third kappa shape index (κ3) is 25.5. The molecule has 714 valence electrons. The van der Waals surface area contributed by atoms with E-state index in [2.05, 4.69) is 101 Å². The minimum absolute atomic E-state index is 0.0246. The molecule has 135 heavy (non-hydrogen) atoms. The number of aromatic nitrogens is 9. The highest BCUT2D eigenvalue weighted by atomic mass is 35.5. The van der Waals surface area contributed by atoms with E-state index in [1.165, 1.54) is 138 Å². The number of thiazole rings is 3. The summed E-state index contributed by atoms with van der Waals surface area (Å²) < 4.78 is 26.1. The zero-order valence-corrected chi connectivity index (χ0v) is 82.7. The zero-order valence-electron chi connectivity index (χ0n) is 79.5. The van der Waals surface area contributed by atoms with Gasteiger partial charge in [0.2, 0.25) is 0 Å². The van der Waals surface area contributed by atoms with Gasteiger partial charge in [-0.25, -0.2) is 39.5 Å². The Hall–Kier alpha value is -10.5. The molecule has 0 aliphatic carbocycles. The van der Waals surface area contributed by atoms with Gasteiger partial charge in [-0.3, -0.25) is 29.3 Å². The first-order chi connectivity index (χ1) is 65.1. The maximum absolute atomic E-state index is 13.4. The third-order valence-electron chi connectivity index (χ3n) is 25.7. The van der Waals surface area contributed by atoms with E-state index in [4.69, 9.17) is 40.4 Å². The molecule has 0 atom stereocenters. The van der Waals surface area contributed by atoms with Gasteiger partial charge >= 0.3 is 19.3 Å². The van der Waals surface area contributed by atoms with Crippen molar-refractivity contribution in [2.24, 2.45) is 0 Å². The van der Waals surface area contributed by atoms with Gasteiger partial charge in [0.1, 0.15) is 16.4 Å². The van der Waals surface area contributed by atoms with E-state index in [1.807, 2.05) is 153 Å². The fourth-order valence-electron chi connectivity index (χ4n) is 17.7. The second-order valence-electron chi connectivity index (χ2n) is 38.6. The van der Waals surface area contributed by atoms with Crippen LogP contribution >= 0.6 is 45.6 Å². The molecule has 0 bridgehead atoms. The number of nitrogens with one attached hydrogen (secondary N) is 4. The van der Waals surface area contributed by atoms with Gasteiger partial charge in [0.05, 0.1) is 69.8 Å². The number of amides is 5. The summed E-state index contributed by atoms with van der Waals surface area (Å²) in [7, 11) is -0.457. The fourth-order valence-corrected chi connectivity index (χ4v) is 20.8. The molecule has 0 saturated carbocycles. The van der Waals surface area contributed by atoms with Crippen molar-refractivity contribution in [2.45, 2.75) is 169 Å². The number of likely N-dealkylation sites (tertiary alicyclic amines) is 3. The monoisotopic (exact) mass is 1910 g/mol. The zero-order chi connectivity index (χ0) is 94.4. The number of anilines is 3. The molecule has 7 saturated heterocycles. The van der Waals surface area contributed by atoms with Crippen molar-refractivity contribution >= 4 is 169 Å². The molecular formula is C100H127BClN21O9S3. The van der Waals surface area contributed by atoms with Crippen LogP contribution in [0.2, 0.25) is 5.15 Å². The second-order valence-corrected chi connectivity index (χ2v) is 42.1. The standard InChI is InChI=1S/C33H41N7O3S.C28H33N7OS.C23H32BN3O5S.C16H21ClN4/c1-33(2,3)43-32(42)40-18-16-39(17-19-40)31(41)30-37-26-9-8-23(20-29(26)44-30)27-21-28(24-22-34-12-10-25(24)36-27)35-11-7-15-38-13-5-4-6-14-38;36-28(35-15-10-29-11-16-35)27-33-23-6-5-20(17-26(23)37-27)24-18-25(21-19-30-9-7-22(21)32-24)31-8-4-14-34-12-2-1-3-13-34;1-21(2,3)30-20(29)27-12-10-26(11-13-27)19(28)18-25-16-9-8-15(14-17(16)33-18)24-31-22(4,5)23(6,7)32-24;17-16-11-15(13-12-18-7-5-14(13)20-16)19-6-4-10-21-8-2-1-3-9-21/h8-10,12,20-22H,4-7,11,13-19H2,1-3H3,(H,35,36);5-7,9,17-19,29H,1-4,8,10-16H2,(H,31,32);8-9,14H,10-13H2,1-7H3;5,7,11-12H,1-4,6,8-10H2,(H,19,20). The summed E-state index contributed by atoms with van der Waals surface area (Å²) in [5.74, 6) is -0.196. The van der Waals surface area contributed by atoms with Crippen LogP contribution in [0.15, 0.2) is 128 Å². The van der Waals surface area contributed by atoms with Gasteiger partial charge in [0, 0.05) is 180 Å². The van der Waals surface area contributed by atoms with E-state index < -0.39 is 29.5 Å². The second kappa shape index (κ2) is 44.3. The summed E-state index contributed by atoms with van der Waals surface area (Å²) >= 11 is 10.3. The lowest BCUT2D eigenvalue weighted by Crippen LogP contribution is -2.51. The molecule has 7 aliphatic rings. The number of halogens is 1. The predicted octanol–water partition coefficient (Wildman–Crippen LogP) is 17.0. The van der Waals surface area contributed by atoms with Crippen molar-refractivity contribution in [2.75, 3.05) is 173 Å². The highest BCUT2D eigenvalue weighted by Crippen LogP contribution is 2.39. The van der Waals surface area contributed by atoms with E-state index in [-0.39, 0.29) is 29.9 Å². The molecule has 16 heterocycles. The van der Waals surface area contributed by atoms with Crippen molar-refractivity contribution in [3.8, 4) is 22.5 Å². The summed E-state index contributed by atoms with van der Waals surface area (Å²) in [4.78, 5) is 121. The largest absolute Gasteiger partial charge is 0.494 e. The number of hydrogen-bond donors (Lipinski definition) is 4. The molecular weight excluding hydrogens is 1780 g/mol. The average Bonchev–Trinajstić information content (AvgIpc) is 1.46. The first kappa shape index (κ1) is 97.6. The number of nitrogens with zero attached hydrogens (tertiary/aromatic N) is 17. The molecule has 4 N–H and O–H groups in total.